The highest BCUT2D eigenvalue weighted by atomic mass is 16.7. The Morgan fingerprint density at radius 3 is 2.47 bits per heavy atom. The Kier molecular flexibility index (Phi) is 7.24. The number of Topliss-reactive ketones (excluding diaryl/α,β-unsaturated/α-hetero) is 1. The molecule has 0 aliphatic carbocycles. The van der Waals surface area contributed by atoms with E-state index in [9.17, 15) is 4.79 Å². The Bertz CT molecular complexity index is 827. The highest BCUT2D eigenvalue weighted by Crippen LogP contribution is 2.50. The lowest BCUT2D eigenvalue weighted by molar-refractivity contribution is -0.124. The SMILES string of the molecule is COc1c2c(cc3c1[C@H](CC(=O)C(CC=C(C)C)CC=C(C)C)N(C)CC3)OCO2. The number of fused-ring (bicyclic) bond motifs is 2. The van der Waals surface area contributed by atoms with Crippen molar-refractivity contribution in [1.82, 2.24) is 4.90 Å². The first kappa shape index (κ1) is 22.4. The van der Waals surface area contributed by atoms with Crippen LogP contribution < -0.4 is 14.2 Å². The second-order valence-electron chi connectivity index (χ2n) is 8.86. The molecule has 164 valence electrons. The van der Waals surface area contributed by atoms with Crippen LogP contribution in [0.4, 0.5) is 0 Å². The van der Waals surface area contributed by atoms with Gasteiger partial charge in [0, 0.05) is 30.5 Å². The van der Waals surface area contributed by atoms with Crippen LogP contribution in [0.1, 0.15) is 64.1 Å². The summed E-state index contributed by atoms with van der Waals surface area (Å²) in [4.78, 5) is 15.7. The van der Waals surface area contributed by atoms with Crippen molar-refractivity contribution in [2.45, 2.75) is 59.4 Å². The summed E-state index contributed by atoms with van der Waals surface area (Å²) < 4.78 is 17.1. The van der Waals surface area contributed by atoms with Gasteiger partial charge in [-0.1, -0.05) is 23.3 Å². The van der Waals surface area contributed by atoms with E-state index >= 15 is 0 Å². The van der Waals surface area contributed by atoms with Gasteiger partial charge in [0.1, 0.15) is 5.78 Å². The summed E-state index contributed by atoms with van der Waals surface area (Å²) in [6.45, 7) is 9.45. The van der Waals surface area contributed by atoms with Crippen LogP contribution in [-0.4, -0.2) is 38.2 Å². The standard InChI is InChI=1S/C25H35NO4/c1-16(2)7-9-18(10-8-17(3)4)21(27)14-20-23-19(11-12-26(20)5)13-22-24(25(23)28-6)30-15-29-22/h7-8,13,18,20H,9-12,14-15H2,1-6H3/t20-/m0/s1. The maximum atomic E-state index is 13.4. The number of benzene rings is 1. The third-order valence-electron chi connectivity index (χ3n) is 6.02. The molecule has 2 heterocycles. The van der Waals surface area contributed by atoms with Gasteiger partial charge >= 0.3 is 0 Å². The van der Waals surface area contributed by atoms with Crippen molar-refractivity contribution in [2.24, 2.45) is 5.92 Å². The summed E-state index contributed by atoms with van der Waals surface area (Å²) in [7, 11) is 3.75. The number of nitrogens with zero attached hydrogens (tertiary/aromatic N) is 1. The molecule has 0 bridgehead atoms. The van der Waals surface area contributed by atoms with Crippen LogP contribution in [0.2, 0.25) is 0 Å². The van der Waals surface area contributed by atoms with E-state index in [1.54, 1.807) is 7.11 Å². The first-order chi connectivity index (χ1) is 14.3. The summed E-state index contributed by atoms with van der Waals surface area (Å²) in [5, 5.41) is 0. The first-order valence-corrected chi connectivity index (χ1v) is 10.8. The van der Waals surface area contributed by atoms with Crippen molar-refractivity contribution < 1.29 is 19.0 Å². The van der Waals surface area contributed by atoms with Gasteiger partial charge in [-0.05, 0) is 65.6 Å². The van der Waals surface area contributed by atoms with E-state index in [0.717, 1.165) is 42.9 Å². The fraction of sp³-hybridized carbons (Fsp3) is 0.560. The lowest BCUT2D eigenvalue weighted by atomic mass is 9.84. The van der Waals surface area contributed by atoms with E-state index in [-0.39, 0.29) is 18.8 Å². The molecule has 5 heteroatoms. The number of allylic oxidation sites excluding steroid dienone is 4. The van der Waals surface area contributed by atoms with Crippen LogP contribution in [-0.2, 0) is 11.2 Å². The van der Waals surface area contributed by atoms with Crippen LogP contribution in [0.15, 0.2) is 29.4 Å². The first-order valence-electron chi connectivity index (χ1n) is 10.8. The van der Waals surface area contributed by atoms with Gasteiger partial charge in [0.15, 0.2) is 11.5 Å². The smallest absolute Gasteiger partial charge is 0.231 e. The molecule has 0 saturated heterocycles. The predicted octanol–water partition coefficient (Wildman–Crippen LogP) is 5.24. The van der Waals surface area contributed by atoms with E-state index in [1.165, 1.54) is 16.7 Å². The second kappa shape index (κ2) is 9.69. The zero-order chi connectivity index (χ0) is 21.8. The number of likely N-dealkylation sites (N-methyl/N-ethyl adjacent to an activating group) is 1. The number of ketones is 1. The molecule has 2 aliphatic heterocycles. The fourth-order valence-corrected chi connectivity index (χ4v) is 4.26. The zero-order valence-corrected chi connectivity index (χ0v) is 19.2. The predicted molar refractivity (Wildman–Crippen MR) is 119 cm³/mol. The Labute approximate surface area is 180 Å². The average molecular weight is 414 g/mol. The second-order valence-corrected chi connectivity index (χ2v) is 8.86. The molecular weight excluding hydrogens is 378 g/mol. The maximum absolute atomic E-state index is 13.4. The molecule has 2 aliphatic rings. The topological polar surface area (TPSA) is 48.0 Å². The van der Waals surface area contributed by atoms with E-state index in [1.807, 2.05) is 0 Å². The van der Waals surface area contributed by atoms with Gasteiger partial charge in [0.25, 0.3) is 0 Å². The monoisotopic (exact) mass is 413 g/mol. The number of methoxy groups -OCH3 is 1. The Hall–Kier alpha value is -2.27. The lowest BCUT2D eigenvalue weighted by Gasteiger charge is -2.36. The summed E-state index contributed by atoms with van der Waals surface area (Å²) in [5.74, 6) is 2.41. The van der Waals surface area contributed by atoms with Crippen molar-refractivity contribution in [2.75, 3.05) is 27.5 Å². The van der Waals surface area contributed by atoms with Crippen molar-refractivity contribution >= 4 is 5.78 Å². The molecule has 3 rings (SSSR count). The number of ether oxygens (including phenoxy) is 3. The molecule has 1 atom stereocenters. The van der Waals surface area contributed by atoms with Crippen LogP contribution in [0.25, 0.3) is 0 Å². The highest BCUT2D eigenvalue weighted by Gasteiger charge is 2.35. The third kappa shape index (κ3) is 4.89. The van der Waals surface area contributed by atoms with E-state index in [2.05, 4.69) is 57.9 Å². The highest BCUT2D eigenvalue weighted by molar-refractivity contribution is 5.82. The quantitative estimate of drug-likeness (QED) is 0.546. The number of rotatable bonds is 8. The molecule has 0 amide bonds. The Balaban J connectivity index is 1.91. The van der Waals surface area contributed by atoms with Crippen molar-refractivity contribution in [3.8, 4) is 17.2 Å². The van der Waals surface area contributed by atoms with Crippen LogP contribution in [0.5, 0.6) is 17.2 Å². The van der Waals surface area contributed by atoms with E-state index in [0.29, 0.717) is 18.0 Å². The van der Waals surface area contributed by atoms with Crippen molar-refractivity contribution in [1.29, 1.82) is 0 Å². The molecule has 0 fully saturated rings. The minimum absolute atomic E-state index is 0.00594. The summed E-state index contributed by atoms with van der Waals surface area (Å²) in [5.41, 5.74) is 4.77. The Morgan fingerprint density at radius 2 is 1.87 bits per heavy atom. The van der Waals surface area contributed by atoms with Crippen molar-refractivity contribution in [3.05, 3.63) is 40.5 Å². The molecule has 5 nitrogen and oxygen atoms in total. The van der Waals surface area contributed by atoms with Crippen LogP contribution in [0, 0.1) is 5.92 Å². The average Bonchev–Trinajstić information content (AvgIpc) is 3.16. The minimum atomic E-state index is -0.0217. The molecule has 1 aromatic carbocycles. The molecule has 0 spiro atoms. The fourth-order valence-electron chi connectivity index (χ4n) is 4.26. The number of carbonyl (C=O) groups is 1. The van der Waals surface area contributed by atoms with Crippen LogP contribution >= 0.6 is 0 Å². The Morgan fingerprint density at radius 1 is 1.20 bits per heavy atom. The molecule has 0 unspecified atom stereocenters. The van der Waals surface area contributed by atoms with Gasteiger partial charge in [0.05, 0.1) is 7.11 Å². The number of hydrogen-bond donors (Lipinski definition) is 0. The molecular formula is C25H35NO4. The van der Waals surface area contributed by atoms with Gasteiger partial charge < -0.3 is 14.2 Å². The van der Waals surface area contributed by atoms with Crippen LogP contribution in [0.3, 0.4) is 0 Å². The largest absolute Gasteiger partial charge is 0.492 e. The third-order valence-corrected chi connectivity index (χ3v) is 6.02. The van der Waals surface area contributed by atoms with E-state index in [4.69, 9.17) is 14.2 Å². The van der Waals surface area contributed by atoms with Gasteiger partial charge in [-0.15, -0.1) is 0 Å². The lowest BCUT2D eigenvalue weighted by Crippen LogP contribution is -2.35. The van der Waals surface area contributed by atoms with Gasteiger partial charge in [-0.3, -0.25) is 9.69 Å². The van der Waals surface area contributed by atoms with Gasteiger partial charge in [0.2, 0.25) is 12.5 Å². The molecule has 0 saturated carbocycles. The summed E-state index contributed by atoms with van der Waals surface area (Å²) in [6, 6.07) is 2.04. The summed E-state index contributed by atoms with van der Waals surface area (Å²) >= 11 is 0. The minimum Gasteiger partial charge on any atom is -0.492 e. The maximum Gasteiger partial charge on any atom is 0.231 e. The summed E-state index contributed by atoms with van der Waals surface area (Å²) in [6.07, 6.45) is 7.30. The molecule has 0 aromatic heterocycles. The molecule has 1 aromatic rings. The van der Waals surface area contributed by atoms with Crippen molar-refractivity contribution in [3.63, 3.8) is 0 Å². The molecule has 0 radical (unpaired) electrons. The zero-order valence-electron chi connectivity index (χ0n) is 19.2. The van der Waals surface area contributed by atoms with Gasteiger partial charge in [-0.2, -0.15) is 0 Å². The molecule has 0 N–H and O–H groups in total. The number of hydrogen-bond acceptors (Lipinski definition) is 5. The van der Waals surface area contributed by atoms with E-state index < -0.39 is 0 Å². The van der Waals surface area contributed by atoms with Gasteiger partial charge in [-0.25, -0.2) is 0 Å². The molecule has 30 heavy (non-hydrogen) atoms. The number of carbonyl (C=O) groups excluding carboxylic acids is 1. The normalized spacial score (nSPS) is 17.5.